The van der Waals surface area contributed by atoms with E-state index >= 15 is 0 Å². The van der Waals surface area contributed by atoms with E-state index < -0.39 is 0 Å². The van der Waals surface area contributed by atoms with Crippen LogP contribution in [0.1, 0.15) is 37.4 Å². The molecule has 1 aromatic heterocycles. The number of para-hydroxylation sites is 1. The summed E-state index contributed by atoms with van der Waals surface area (Å²) in [6.45, 7) is 2.80. The van der Waals surface area contributed by atoms with Crippen LogP contribution < -0.4 is 0 Å². The minimum atomic E-state index is -0.194. The molecule has 0 spiro atoms. The van der Waals surface area contributed by atoms with Crippen LogP contribution in [0.5, 0.6) is 0 Å². The molecule has 5 rings (SSSR count). The highest BCUT2D eigenvalue weighted by Gasteiger charge is 2.32. The van der Waals surface area contributed by atoms with Gasteiger partial charge in [0.05, 0.1) is 5.57 Å². The molecule has 0 fully saturated rings. The van der Waals surface area contributed by atoms with Gasteiger partial charge < -0.3 is 4.57 Å². The van der Waals surface area contributed by atoms with Crippen LogP contribution in [0.4, 0.5) is 0 Å². The molecule has 1 aliphatic rings. The lowest BCUT2D eigenvalue weighted by atomic mass is 10.1. The first kappa shape index (κ1) is 17.4. The summed E-state index contributed by atoms with van der Waals surface area (Å²) in [4.78, 5) is 25.6. The van der Waals surface area contributed by atoms with Crippen LogP contribution in [-0.4, -0.2) is 16.1 Å². The summed E-state index contributed by atoms with van der Waals surface area (Å²) in [6, 6.07) is 23.6. The molecule has 29 heavy (non-hydrogen) atoms. The molecule has 0 amide bonds. The zero-order valence-electron chi connectivity index (χ0n) is 16.1. The van der Waals surface area contributed by atoms with E-state index in [1.165, 1.54) is 11.1 Å². The van der Waals surface area contributed by atoms with Gasteiger partial charge in [-0.05, 0) is 24.6 Å². The van der Waals surface area contributed by atoms with Gasteiger partial charge in [0.25, 0.3) is 0 Å². The zero-order chi connectivity index (χ0) is 20.0. The largest absolute Gasteiger partial charge is 0.342 e. The molecule has 3 aromatic carbocycles. The summed E-state index contributed by atoms with van der Waals surface area (Å²) in [5.41, 5.74) is 5.63. The lowest BCUT2D eigenvalue weighted by Gasteiger charge is -2.06. The van der Waals surface area contributed by atoms with Crippen molar-refractivity contribution in [2.24, 2.45) is 0 Å². The molecule has 1 aliphatic carbocycles. The topological polar surface area (TPSA) is 39.1 Å². The Morgan fingerprint density at radius 3 is 2.10 bits per heavy atom. The number of aryl methyl sites for hydroxylation is 1. The number of fused-ring (bicyclic) bond motifs is 2. The number of rotatable bonds is 3. The second-order valence-corrected chi connectivity index (χ2v) is 7.48. The maximum absolute atomic E-state index is 12.8. The van der Waals surface area contributed by atoms with E-state index in [-0.39, 0.29) is 17.1 Å². The van der Waals surface area contributed by atoms with Gasteiger partial charge >= 0.3 is 0 Å². The molecule has 0 atom stereocenters. The van der Waals surface area contributed by atoms with Crippen molar-refractivity contribution < 1.29 is 9.59 Å². The lowest BCUT2D eigenvalue weighted by molar-refractivity contribution is 0.0990. The number of Topliss-reactive ketones (excluding diaryl/α,β-unsaturated/α-hetero) is 2. The Hall–Kier alpha value is -3.72. The molecule has 140 valence electrons. The van der Waals surface area contributed by atoms with Gasteiger partial charge in [-0.1, -0.05) is 72.3 Å². The summed E-state index contributed by atoms with van der Waals surface area (Å²) in [6.07, 6.45) is 3.78. The van der Waals surface area contributed by atoms with Gasteiger partial charge in [-0.3, -0.25) is 9.59 Å². The van der Waals surface area contributed by atoms with Crippen molar-refractivity contribution in [1.82, 2.24) is 4.57 Å². The van der Waals surface area contributed by atoms with E-state index in [2.05, 4.69) is 41.8 Å². The molecule has 4 aromatic rings. The van der Waals surface area contributed by atoms with Gasteiger partial charge in [0.15, 0.2) is 11.6 Å². The van der Waals surface area contributed by atoms with Crippen LogP contribution in [0.15, 0.2) is 84.6 Å². The van der Waals surface area contributed by atoms with E-state index in [4.69, 9.17) is 0 Å². The Kier molecular flexibility index (Phi) is 4.02. The SMILES string of the molecule is Cc1ccc(Cn2cc(C=C3C(=O)c4ccccc4C3=O)c3ccccc32)cc1. The fourth-order valence-corrected chi connectivity index (χ4v) is 3.97. The van der Waals surface area contributed by atoms with Crippen LogP contribution >= 0.6 is 0 Å². The minimum Gasteiger partial charge on any atom is -0.342 e. The molecule has 0 saturated heterocycles. The van der Waals surface area contributed by atoms with Crippen molar-refractivity contribution in [2.45, 2.75) is 13.5 Å². The molecule has 0 aliphatic heterocycles. The third-order valence-electron chi connectivity index (χ3n) is 5.50. The van der Waals surface area contributed by atoms with Crippen molar-refractivity contribution >= 4 is 28.5 Å². The summed E-state index contributed by atoms with van der Waals surface area (Å²) < 4.78 is 2.17. The van der Waals surface area contributed by atoms with Crippen LogP contribution in [0.25, 0.3) is 17.0 Å². The lowest BCUT2D eigenvalue weighted by Crippen LogP contribution is -2.00. The molecule has 0 unspecified atom stereocenters. The smallest absolute Gasteiger partial charge is 0.197 e. The number of hydrogen-bond acceptors (Lipinski definition) is 2. The molecule has 3 nitrogen and oxygen atoms in total. The Balaban J connectivity index is 1.60. The first-order chi connectivity index (χ1) is 14.1. The van der Waals surface area contributed by atoms with Gasteiger partial charge in [-0.2, -0.15) is 0 Å². The average Bonchev–Trinajstić information content (AvgIpc) is 3.21. The maximum Gasteiger partial charge on any atom is 0.197 e. The van der Waals surface area contributed by atoms with E-state index in [1.54, 1.807) is 30.3 Å². The molecule has 0 bridgehead atoms. The maximum atomic E-state index is 12.8. The van der Waals surface area contributed by atoms with Crippen LogP contribution in [0.3, 0.4) is 0 Å². The Morgan fingerprint density at radius 1 is 0.793 bits per heavy atom. The number of carbonyl (C=O) groups excluding carboxylic acids is 2. The predicted octanol–water partition coefficient (Wildman–Crippen LogP) is 5.46. The van der Waals surface area contributed by atoms with Crippen molar-refractivity contribution in [2.75, 3.05) is 0 Å². The van der Waals surface area contributed by atoms with Crippen molar-refractivity contribution in [3.05, 3.63) is 112 Å². The fraction of sp³-hybridized carbons (Fsp3) is 0.0769. The Morgan fingerprint density at radius 2 is 1.41 bits per heavy atom. The van der Waals surface area contributed by atoms with Gasteiger partial charge in [-0.25, -0.2) is 0 Å². The monoisotopic (exact) mass is 377 g/mol. The molecular formula is C26H19NO2. The quantitative estimate of drug-likeness (QED) is 0.351. The zero-order valence-corrected chi connectivity index (χ0v) is 16.1. The van der Waals surface area contributed by atoms with Gasteiger partial charge in [0.1, 0.15) is 0 Å². The summed E-state index contributed by atoms with van der Waals surface area (Å²) in [5.74, 6) is -0.387. The van der Waals surface area contributed by atoms with Crippen LogP contribution in [0.2, 0.25) is 0 Å². The standard InChI is InChI=1S/C26H19NO2/c1-17-10-12-18(13-11-17)15-27-16-19(20-6-4-5-9-24(20)27)14-23-25(28)21-7-2-3-8-22(21)26(23)29/h2-14,16H,15H2,1H3. The first-order valence-corrected chi connectivity index (χ1v) is 9.65. The fourth-order valence-electron chi connectivity index (χ4n) is 3.97. The van der Waals surface area contributed by atoms with Crippen molar-refractivity contribution in [1.29, 1.82) is 0 Å². The van der Waals surface area contributed by atoms with Gasteiger partial charge in [-0.15, -0.1) is 0 Å². The highest BCUT2D eigenvalue weighted by Crippen LogP contribution is 2.30. The van der Waals surface area contributed by atoms with Crippen LogP contribution in [-0.2, 0) is 6.54 Å². The Bertz CT molecular complexity index is 1270. The molecule has 1 heterocycles. The number of nitrogens with zero attached hydrogens (tertiary/aromatic N) is 1. The van der Waals surface area contributed by atoms with Crippen molar-refractivity contribution in [3.8, 4) is 0 Å². The number of hydrogen-bond donors (Lipinski definition) is 0. The molecule has 0 N–H and O–H groups in total. The normalized spacial score (nSPS) is 13.2. The molecule has 3 heteroatoms. The summed E-state index contributed by atoms with van der Waals surface area (Å²) in [5, 5.41) is 1.03. The van der Waals surface area contributed by atoms with E-state index in [9.17, 15) is 9.59 Å². The number of carbonyl (C=O) groups is 2. The number of ketones is 2. The summed E-state index contributed by atoms with van der Waals surface area (Å²) >= 11 is 0. The number of allylic oxidation sites excluding steroid dienone is 1. The summed E-state index contributed by atoms with van der Waals surface area (Å²) in [7, 11) is 0. The van der Waals surface area contributed by atoms with Crippen LogP contribution in [0, 0.1) is 6.92 Å². The molecular weight excluding hydrogens is 358 g/mol. The Labute approximate surface area is 168 Å². The van der Waals surface area contributed by atoms with E-state index in [1.807, 2.05) is 24.4 Å². The number of aromatic nitrogens is 1. The van der Waals surface area contributed by atoms with E-state index in [0.717, 1.165) is 23.0 Å². The molecule has 0 saturated carbocycles. The minimum absolute atomic E-state index is 0.194. The van der Waals surface area contributed by atoms with Gasteiger partial charge in [0.2, 0.25) is 0 Å². The highest BCUT2D eigenvalue weighted by molar-refractivity contribution is 6.41. The first-order valence-electron chi connectivity index (χ1n) is 9.65. The third-order valence-corrected chi connectivity index (χ3v) is 5.50. The second-order valence-electron chi connectivity index (χ2n) is 7.48. The second kappa shape index (κ2) is 6.71. The third kappa shape index (κ3) is 2.92. The molecule has 0 radical (unpaired) electrons. The van der Waals surface area contributed by atoms with Gasteiger partial charge in [0, 0.05) is 40.3 Å². The van der Waals surface area contributed by atoms with Crippen molar-refractivity contribution in [3.63, 3.8) is 0 Å². The van der Waals surface area contributed by atoms with E-state index in [0.29, 0.717) is 11.1 Å². The average molecular weight is 377 g/mol. The predicted molar refractivity (Wildman–Crippen MR) is 115 cm³/mol. The highest BCUT2D eigenvalue weighted by atomic mass is 16.2. The number of benzene rings is 3.